The Balaban J connectivity index is 2.45. The second-order valence-corrected chi connectivity index (χ2v) is 6.28. The molecular formula is C17H15BrFN3O2. The number of nitrogens with zero attached hydrogens (tertiary/aromatic N) is 2. The number of benzene rings is 1. The summed E-state index contributed by atoms with van der Waals surface area (Å²) in [6.45, 7) is 5.41. The van der Waals surface area contributed by atoms with Crippen LogP contribution in [-0.2, 0) is 0 Å². The molecule has 0 spiro atoms. The van der Waals surface area contributed by atoms with Crippen LogP contribution in [0, 0.1) is 32.0 Å². The number of rotatable bonds is 3. The van der Waals surface area contributed by atoms with Gasteiger partial charge in [-0.05, 0) is 54.4 Å². The summed E-state index contributed by atoms with van der Waals surface area (Å²) in [5, 5.41) is 21.2. The van der Waals surface area contributed by atoms with E-state index < -0.39 is 5.82 Å². The van der Waals surface area contributed by atoms with E-state index in [-0.39, 0.29) is 5.75 Å². The number of phenolic OH excluding ortho intramolecular Hbond substituents is 1. The van der Waals surface area contributed by atoms with Gasteiger partial charge in [0.1, 0.15) is 22.9 Å². The molecule has 7 heteroatoms. The van der Waals surface area contributed by atoms with Crippen molar-refractivity contribution in [2.24, 2.45) is 0 Å². The molecule has 0 saturated carbocycles. The molecule has 0 aliphatic carbocycles. The van der Waals surface area contributed by atoms with Gasteiger partial charge in [0.05, 0.1) is 11.4 Å². The zero-order valence-corrected chi connectivity index (χ0v) is 14.9. The summed E-state index contributed by atoms with van der Waals surface area (Å²) in [5.74, 6) is -0.136. The summed E-state index contributed by atoms with van der Waals surface area (Å²) in [4.78, 5) is 0. The first kappa shape index (κ1) is 16.4. The van der Waals surface area contributed by atoms with Gasteiger partial charge in [0, 0.05) is 22.3 Å². The van der Waals surface area contributed by atoms with Crippen molar-refractivity contribution in [1.82, 2.24) is 9.72 Å². The van der Waals surface area contributed by atoms with E-state index in [2.05, 4.69) is 21.1 Å². The summed E-state index contributed by atoms with van der Waals surface area (Å²) >= 11 is 3.51. The van der Waals surface area contributed by atoms with Gasteiger partial charge < -0.3 is 19.6 Å². The molecule has 2 N–H and O–H groups in total. The molecule has 2 heterocycles. The normalized spacial score (nSPS) is 11.0. The van der Waals surface area contributed by atoms with Crippen molar-refractivity contribution >= 4 is 22.1 Å². The minimum atomic E-state index is -0.558. The zero-order chi connectivity index (χ0) is 17.6. The predicted molar refractivity (Wildman–Crippen MR) is 92.7 cm³/mol. The number of aromatic nitrogens is 2. The largest absolute Gasteiger partial charge is 0.508 e. The maximum atomic E-state index is 14.5. The average molecular weight is 392 g/mol. The third kappa shape index (κ3) is 2.36. The van der Waals surface area contributed by atoms with Crippen LogP contribution in [0.3, 0.4) is 0 Å². The summed E-state index contributed by atoms with van der Waals surface area (Å²) < 4.78 is 22.2. The van der Waals surface area contributed by atoms with Crippen LogP contribution in [0.15, 0.2) is 27.2 Å². The average Bonchev–Trinajstić information content (AvgIpc) is 2.97. The van der Waals surface area contributed by atoms with Crippen LogP contribution >= 0.6 is 15.9 Å². The van der Waals surface area contributed by atoms with Crippen molar-refractivity contribution in [2.75, 3.05) is 0 Å². The van der Waals surface area contributed by atoms with Crippen molar-refractivity contribution in [3.8, 4) is 22.7 Å². The minimum Gasteiger partial charge on any atom is -0.508 e. The quantitative estimate of drug-likeness (QED) is 0.637. The topological polar surface area (TPSA) is 75.0 Å². The third-order valence-electron chi connectivity index (χ3n) is 3.95. The van der Waals surface area contributed by atoms with Gasteiger partial charge in [-0.3, -0.25) is 0 Å². The van der Waals surface area contributed by atoms with Gasteiger partial charge >= 0.3 is 0 Å². The summed E-state index contributed by atoms with van der Waals surface area (Å²) in [5.41, 5.74) is 3.54. The number of nitrogens with one attached hydrogen (secondary N) is 1. The van der Waals surface area contributed by atoms with Crippen molar-refractivity contribution in [3.63, 3.8) is 0 Å². The van der Waals surface area contributed by atoms with E-state index >= 15 is 0 Å². The van der Waals surface area contributed by atoms with Crippen molar-refractivity contribution in [2.45, 2.75) is 20.8 Å². The first-order chi connectivity index (χ1) is 11.4. The fraction of sp³-hybridized carbons (Fsp3) is 0.176. The second-order valence-electron chi connectivity index (χ2n) is 5.49. The van der Waals surface area contributed by atoms with Gasteiger partial charge in [0.25, 0.3) is 0 Å². The molecule has 24 heavy (non-hydrogen) atoms. The Morgan fingerprint density at radius 1 is 1.33 bits per heavy atom. The number of aryl methyl sites for hydroxylation is 2. The lowest BCUT2D eigenvalue weighted by atomic mass is 10.1. The lowest BCUT2D eigenvalue weighted by molar-refractivity contribution is 0.393. The number of hydrogen-bond acceptors (Lipinski definition) is 4. The van der Waals surface area contributed by atoms with E-state index in [4.69, 9.17) is 9.93 Å². The molecule has 0 amide bonds. The third-order valence-corrected chi connectivity index (χ3v) is 4.92. The van der Waals surface area contributed by atoms with Crippen LogP contribution in [0.1, 0.15) is 22.7 Å². The van der Waals surface area contributed by atoms with Crippen molar-refractivity contribution in [1.29, 1.82) is 5.41 Å². The Morgan fingerprint density at radius 2 is 2.04 bits per heavy atom. The molecule has 5 nitrogen and oxygen atoms in total. The predicted octanol–water partition coefficient (Wildman–Crippen LogP) is 4.66. The molecule has 2 aromatic heterocycles. The Bertz CT molecular complexity index is 940. The molecule has 0 bridgehead atoms. The summed E-state index contributed by atoms with van der Waals surface area (Å²) in [6.07, 6.45) is 1.22. The summed E-state index contributed by atoms with van der Waals surface area (Å²) in [7, 11) is 0. The Kier molecular flexibility index (Phi) is 4.04. The molecule has 0 saturated heterocycles. The van der Waals surface area contributed by atoms with E-state index in [1.54, 1.807) is 18.4 Å². The maximum absolute atomic E-state index is 14.5. The molecule has 3 rings (SSSR count). The fourth-order valence-corrected chi connectivity index (χ4v) is 3.41. The highest BCUT2D eigenvalue weighted by Crippen LogP contribution is 2.40. The van der Waals surface area contributed by atoms with E-state index in [0.717, 1.165) is 11.6 Å². The van der Waals surface area contributed by atoms with Gasteiger partial charge in [-0.1, -0.05) is 5.16 Å². The molecule has 1 aromatic carbocycles. The molecular weight excluding hydrogens is 377 g/mol. The van der Waals surface area contributed by atoms with Crippen LogP contribution in [0.25, 0.3) is 16.9 Å². The smallest absolute Gasteiger partial charge is 0.157 e. The SMILES string of the molecule is Cc1noc(C)c1-n1c(C=N)c(C)c(Br)c1-c1ccc(O)cc1F. The van der Waals surface area contributed by atoms with Crippen LogP contribution in [0.4, 0.5) is 4.39 Å². The van der Waals surface area contributed by atoms with Crippen LogP contribution < -0.4 is 0 Å². The first-order valence-corrected chi connectivity index (χ1v) is 7.99. The molecule has 0 aliphatic rings. The van der Waals surface area contributed by atoms with Gasteiger partial charge in [-0.15, -0.1) is 0 Å². The Morgan fingerprint density at radius 3 is 2.58 bits per heavy atom. The van der Waals surface area contributed by atoms with Gasteiger partial charge in [0.15, 0.2) is 5.76 Å². The van der Waals surface area contributed by atoms with Crippen molar-refractivity contribution in [3.05, 3.63) is 51.2 Å². The molecule has 0 atom stereocenters. The first-order valence-electron chi connectivity index (χ1n) is 7.20. The molecule has 0 radical (unpaired) electrons. The minimum absolute atomic E-state index is 0.146. The van der Waals surface area contributed by atoms with Gasteiger partial charge in [-0.25, -0.2) is 4.39 Å². The molecule has 0 unspecified atom stereocenters. The van der Waals surface area contributed by atoms with Crippen LogP contribution in [0.5, 0.6) is 5.75 Å². The molecule has 124 valence electrons. The maximum Gasteiger partial charge on any atom is 0.157 e. The lowest BCUT2D eigenvalue weighted by Crippen LogP contribution is -2.05. The fourth-order valence-electron chi connectivity index (χ4n) is 2.81. The van der Waals surface area contributed by atoms with E-state index in [9.17, 15) is 9.50 Å². The highest BCUT2D eigenvalue weighted by molar-refractivity contribution is 9.10. The Labute approximate surface area is 146 Å². The van der Waals surface area contributed by atoms with E-state index in [1.807, 2.05) is 6.92 Å². The van der Waals surface area contributed by atoms with Crippen molar-refractivity contribution < 1.29 is 14.0 Å². The van der Waals surface area contributed by atoms with Gasteiger partial charge in [0.2, 0.25) is 0 Å². The highest BCUT2D eigenvalue weighted by Gasteiger charge is 2.25. The second kappa shape index (κ2) is 5.90. The van der Waals surface area contributed by atoms with E-state index in [1.165, 1.54) is 18.3 Å². The van der Waals surface area contributed by atoms with Gasteiger partial charge in [-0.2, -0.15) is 0 Å². The zero-order valence-electron chi connectivity index (χ0n) is 13.3. The van der Waals surface area contributed by atoms with E-state index in [0.29, 0.717) is 38.6 Å². The number of halogens is 2. The van der Waals surface area contributed by atoms with Crippen LogP contribution in [-0.4, -0.2) is 21.0 Å². The monoisotopic (exact) mass is 391 g/mol. The Hall–Kier alpha value is -2.41. The molecule has 0 fully saturated rings. The molecule has 3 aromatic rings. The number of aromatic hydroxyl groups is 1. The molecule has 0 aliphatic heterocycles. The number of phenols is 1. The lowest BCUT2D eigenvalue weighted by Gasteiger charge is -2.12. The van der Waals surface area contributed by atoms with Crippen LogP contribution in [0.2, 0.25) is 0 Å². The summed E-state index contributed by atoms with van der Waals surface area (Å²) in [6, 6.07) is 3.99. The standard InChI is InChI=1S/C17H15BrFN3O2/c1-8-14(7-20)22(16-9(2)21-24-10(16)3)17(15(8)18)12-5-4-11(23)6-13(12)19/h4-7,20,23H,1-3H3. The number of hydrogen-bond donors (Lipinski definition) is 2. The highest BCUT2D eigenvalue weighted by atomic mass is 79.9.